The first-order valence-corrected chi connectivity index (χ1v) is 8.72. The van der Waals surface area contributed by atoms with Crippen LogP contribution in [0.2, 0.25) is 5.02 Å². The van der Waals surface area contributed by atoms with E-state index < -0.39 is 5.60 Å². The number of carbonyl (C=O) groups is 1. The summed E-state index contributed by atoms with van der Waals surface area (Å²) in [5.74, 6) is 0.585. The number of ether oxygens (including phenoxy) is 1. The van der Waals surface area contributed by atoms with Gasteiger partial charge in [0.25, 0.3) is 5.91 Å². The zero-order valence-corrected chi connectivity index (χ0v) is 14.9. The molecule has 1 fully saturated rings. The molecule has 134 valence electrons. The molecule has 0 saturated carbocycles. The molecule has 0 aliphatic carbocycles. The van der Waals surface area contributed by atoms with Crippen molar-refractivity contribution in [3.8, 4) is 5.75 Å². The Morgan fingerprint density at radius 2 is 2.24 bits per heavy atom. The van der Waals surface area contributed by atoms with E-state index in [0.29, 0.717) is 42.3 Å². The summed E-state index contributed by atoms with van der Waals surface area (Å²) in [7, 11) is 1.78. The topological polar surface area (TPSA) is 67.6 Å². The van der Waals surface area contributed by atoms with E-state index >= 15 is 0 Å². The van der Waals surface area contributed by atoms with Crippen molar-refractivity contribution in [3.05, 3.63) is 47.2 Å². The maximum absolute atomic E-state index is 12.5. The summed E-state index contributed by atoms with van der Waals surface area (Å²) >= 11 is 5.95. The Hall–Kier alpha value is -2.05. The van der Waals surface area contributed by atoms with Crippen LogP contribution in [0.4, 0.5) is 0 Å². The number of nitrogens with zero attached hydrogens (tertiary/aromatic N) is 3. The van der Waals surface area contributed by atoms with Gasteiger partial charge in [-0.05, 0) is 37.5 Å². The first kappa shape index (κ1) is 17.8. The number of aromatic nitrogens is 2. The molecule has 1 atom stereocenters. The first-order chi connectivity index (χ1) is 12.0. The van der Waals surface area contributed by atoms with Crippen LogP contribution < -0.4 is 4.74 Å². The SMILES string of the molecule is Cn1cc(C(=O)N2CCCC(O)(COc3cccc(Cl)c3)CC2)cn1. The van der Waals surface area contributed by atoms with E-state index in [4.69, 9.17) is 16.3 Å². The highest BCUT2D eigenvalue weighted by Crippen LogP contribution is 2.25. The van der Waals surface area contributed by atoms with Crippen molar-refractivity contribution in [2.24, 2.45) is 7.05 Å². The molecular weight excluding hydrogens is 342 g/mol. The van der Waals surface area contributed by atoms with Gasteiger partial charge in [-0.3, -0.25) is 9.48 Å². The molecule has 2 aromatic rings. The molecule has 1 amide bonds. The molecule has 2 heterocycles. The van der Waals surface area contributed by atoms with Crippen molar-refractivity contribution in [2.45, 2.75) is 24.9 Å². The number of halogens is 1. The van der Waals surface area contributed by atoms with E-state index in [1.165, 1.54) is 0 Å². The van der Waals surface area contributed by atoms with Crippen LogP contribution >= 0.6 is 11.6 Å². The normalized spacial score (nSPS) is 21.0. The van der Waals surface area contributed by atoms with Gasteiger partial charge in [0.15, 0.2) is 0 Å². The lowest BCUT2D eigenvalue weighted by atomic mass is 9.96. The molecule has 1 aliphatic heterocycles. The van der Waals surface area contributed by atoms with Crippen LogP contribution in [0.15, 0.2) is 36.7 Å². The number of aryl methyl sites for hydroxylation is 1. The highest BCUT2D eigenvalue weighted by molar-refractivity contribution is 6.30. The number of benzene rings is 1. The standard InChI is InChI=1S/C18H22ClN3O3/c1-21-12-14(11-20-21)17(23)22-8-3-6-18(24,7-9-22)13-25-16-5-2-4-15(19)10-16/h2,4-5,10-12,24H,3,6-9,13H2,1H3. The second-order valence-electron chi connectivity index (χ2n) is 6.52. The average Bonchev–Trinajstić information content (AvgIpc) is 2.92. The van der Waals surface area contributed by atoms with Crippen LogP contribution in [0.3, 0.4) is 0 Å². The zero-order chi connectivity index (χ0) is 17.9. The van der Waals surface area contributed by atoms with E-state index in [9.17, 15) is 9.90 Å². The Bertz CT molecular complexity index is 749. The number of hydrogen-bond donors (Lipinski definition) is 1. The first-order valence-electron chi connectivity index (χ1n) is 8.34. The second kappa shape index (κ2) is 7.45. The average molecular weight is 364 g/mol. The highest BCUT2D eigenvalue weighted by atomic mass is 35.5. The Morgan fingerprint density at radius 1 is 1.40 bits per heavy atom. The number of rotatable bonds is 4. The minimum atomic E-state index is -0.952. The summed E-state index contributed by atoms with van der Waals surface area (Å²) in [6.45, 7) is 1.29. The van der Waals surface area contributed by atoms with Gasteiger partial charge in [0.05, 0.1) is 11.8 Å². The molecule has 3 rings (SSSR count). The van der Waals surface area contributed by atoms with Crippen LogP contribution in [0.5, 0.6) is 5.75 Å². The summed E-state index contributed by atoms with van der Waals surface area (Å²) in [5.41, 5.74) is -0.380. The summed E-state index contributed by atoms with van der Waals surface area (Å²) in [4.78, 5) is 14.3. The minimum absolute atomic E-state index is 0.0480. The van der Waals surface area contributed by atoms with Gasteiger partial charge in [-0.2, -0.15) is 5.10 Å². The van der Waals surface area contributed by atoms with E-state index in [2.05, 4.69) is 5.10 Å². The molecule has 0 bridgehead atoms. The van der Waals surface area contributed by atoms with E-state index in [1.54, 1.807) is 41.2 Å². The lowest BCUT2D eigenvalue weighted by Crippen LogP contribution is -2.38. The number of amides is 1. The molecule has 1 aromatic heterocycles. The molecule has 0 radical (unpaired) electrons. The van der Waals surface area contributed by atoms with Crippen molar-refractivity contribution in [1.82, 2.24) is 14.7 Å². The van der Waals surface area contributed by atoms with Crippen molar-refractivity contribution < 1.29 is 14.6 Å². The number of likely N-dealkylation sites (tertiary alicyclic amines) is 1. The fourth-order valence-electron chi connectivity index (χ4n) is 3.01. The Labute approximate surface area is 152 Å². The highest BCUT2D eigenvalue weighted by Gasteiger charge is 2.32. The fraction of sp³-hybridized carbons (Fsp3) is 0.444. The predicted octanol–water partition coefficient (Wildman–Crippen LogP) is 2.51. The third-order valence-electron chi connectivity index (χ3n) is 4.46. The Kier molecular flexibility index (Phi) is 5.30. The van der Waals surface area contributed by atoms with Crippen molar-refractivity contribution >= 4 is 17.5 Å². The van der Waals surface area contributed by atoms with E-state index in [0.717, 1.165) is 6.42 Å². The molecule has 25 heavy (non-hydrogen) atoms. The Morgan fingerprint density at radius 3 is 2.96 bits per heavy atom. The Balaban J connectivity index is 1.59. The van der Waals surface area contributed by atoms with Gasteiger partial charge < -0.3 is 14.7 Å². The quantitative estimate of drug-likeness (QED) is 0.906. The monoisotopic (exact) mass is 363 g/mol. The number of aliphatic hydroxyl groups is 1. The van der Waals surface area contributed by atoms with Crippen molar-refractivity contribution in [3.63, 3.8) is 0 Å². The molecule has 1 aromatic carbocycles. The van der Waals surface area contributed by atoms with Crippen LogP contribution in [-0.2, 0) is 7.05 Å². The second-order valence-corrected chi connectivity index (χ2v) is 6.96. The van der Waals surface area contributed by atoms with Gasteiger partial charge in [-0.25, -0.2) is 0 Å². The minimum Gasteiger partial charge on any atom is -0.491 e. The maximum Gasteiger partial charge on any atom is 0.257 e. The van der Waals surface area contributed by atoms with E-state index in [1.807, 2.05) is 12.1 Å². The van der Waals surface area contributed by atoms with Crippen molar-refractivity contribution in [2.75, 3.05) is 19.7 Å². The zero-order valence-electron chi connectivity index (χ0n) is 14.2. The third-order valence-corrected chi connectivity index (χ3v) is 4.69. The summed E-state index contributed by atoms with van der Waals surface area (Å²) in [5, 5.41) is 15.5. The molecular formula is C18H22ClN3O3. The largest absolute Gasteiger partial charge is 0.491 e. The molecule has 1 N–H and O–H groups in total. The summed E-state index contributed by atoms with van der Waals surface area (Å²) in [6, 6.07) is 7.11. The predicted molar refractivity (Wildman–Crippen MR) is 94.9 cm³/mol. The van der Waals surface area contributed by atoms with Crippen LogP contribution in [0.25, 0.3) is 0 Å². The summed E-state index contributed by atoms with van der Waals surface area (Å²) < 4.78 is 7.33. The van der Waals surface area contributed by atoms with Gasteiger partial charge >= 0.3 is 0 Å². The van der Waals surface area contributed by atoms with Crippen LogP contribution in [-0.4, -0.2) is 51.0 Å². The molecule has 0 spiro atoms. The molecule has 7 heteroatoms. The molecule has 1 saturated heterocycles. The molecule has 1 aliphatic rings. The van der Waals surface area contributed by atoms with Gasteiger partial charge in [-0.1, -0.05) is 17.7 Å². The van der Waals surface area contributed by atoms with Crippen molar-refractivity contribution in [1.29, 1.82) is 0 Å². The number of carbonyl (C=O) groups excluding carboxylic acids is 1. The summed E-state index contributed by atoms with van der Waals surface area (Å²) in [6.07, 6.45) is 5.06. The number of hydrogen-bond acceptors (Lipinski definition) is 4. The fourth-order valence-corrected chi connectivity index (χ4v) is 3.20. The molecule has 1 unspecified atom stereocenters. The smallest absolute Gasteiger partial charge is 0.257 e. The third kappa shape index (κ3) is 4.52. The van der Waals surface area contributed by atoms with E-state index in [-0.39, 0.29) is 12.5 Å². The van der Waals surface area contributed by atoms with Gasteiger partial charge in [0, 0.05) is 31.4 Å². The lowest BCUT2D eigenvalue weighted by Gasteiger charge is -2.27. The van der Waals surface area contributed by atoms with Gasteiger partial charge in [-0.15, -0.1) is 0 Å². The van der Waals surface area contributed by atoms with Gasteiger partial charge in [0.1, 0.15) is 18.0 Å². The van der Waals surface area contributed by atoms with Crippen LogP contribution in [0.1, 0.15) is 29.6 Å². The van der Waals surface area contributed by atoms with Gasteiger partial charge in [0.2, 0.25) is 0 Å². The van der Waals surface area contributed by atoms with Crippen LogP contribution in [0, 0.1) is 0 Å². The lowest BCUT2D eigenvalue weighted by molar-refractivity contribution is -0.0163. The maximum atomic E-state index is 12.5. The molecule has 6 nitrogen and oxygen atoms in total.